The fourth-order valence-electron chi connectivity index (χ4n) is 2.77. The number of aryl methyl sites for hydroxylation is 1. The average molecular weight is 299 g/mol. The van der Waals surface area contributed by atoms with E-state index in [1.165, 1.54) is 0 Å². The van der Waals surface area contributed by atoms with E-state index < -0.39 is 0 Å². The average Bonchev–Trinajstić information content (AvgIpc) is 3.16. The van der Waals surface area contributed by atoms with E-state index in [1.807, 2.05) is 29.9 Å². The Balaban J connectivity index is 1.44. The van der Waals surface area contributed by atoms with E-state index in [0.29, 0.717) is 18.3 Å². The highest BCUT2D eigenvalue weighted by Crippen LogP contribution is 2.19. The fourth-order valence-corrected chi connectivity index (χ4v) is 2.77. The van der Waals surface area contributed by atoms with Gasteiger partial charge in [-0.25, -0.2) is 9.97 Å². The summed E-state index contributed by atoms with van der Waals surface area (Å²) >= 11 is 0. The van der Waals surface area contributed by atoms with Gasteiger partial charge in [0, 0.05) is 57.9 Å². The molecule has 0 aromatic carbocycles. The highest BCUT2D eigenvalue weighted by Gasteiger charge is 2.21. The lowest BCUT2D eigenvalue weighted by atomic mass is 10.3. The quantitative estimate of drug-likeness (QED) is 0.706. The van der Waals surface area contributed by atoms with Crippen LogP contribution in [0.3, 0.4) is 0 Å². The van der Waals surface area contributed by atoms with E-state index in [1.54, 1.807) is 6.20 Å². The van der Waals surface area contributed by atoms with E-state index in [0.717, 1.165) is 37.6 Å². The zero-order chi connectivity index (χ0) is 14.9. The molecule has 3 aromatic rings. The molecule has 0 unspecified atom stereocenters. The third-order valence-electron chi connectivity index (χ3n) is 3.89. The minimum Gasteiger partial charge on any atom is -0.424 e. The van der Waals surface area contributed by atoms with Crippen molar-refractivity contribution in [1.82, 2.24) is 29.5 Å². The van der Waals surface area contributed by atoms with E-state index in [2.05, 4.69) is 30.0 Å². The molecule has 0 spiro atoms. The second kappa shape index (κ2) is 5.38. The van der Waals surface area contributed by atoms with Gasteiger partial charge in [0.2, 0.25) is 11.8 Å². The normalized spacial score (nSPS) is 16.5. The van der Waals surface area contributed by atoms with E-state index >= 15 is 0 Å². The van der Waals surface area contributed by atoms with Gasteiger partial charge in [-0.2, -0.15) is 0 Å². The molecule has 0 bridgehead atoms. The highest BCUT2D eigenvalue weighted by atomic mass is 16.4. The monoisotopic (exact) mass is 299 g/mol. The summed E-state index contributed by atoms with van der Waals surface area (Å²) in [5.41, 5.74) is 0.906. The largest absolute Gasteiger partial charge is 0.424 e. The SMILES string of the molecule is Cc1nnc(CN2CCN(c3nccn4ccnc34)CC2)o1. The second-order valence-corrected chi connectivity index (χ2v) is 5.39. The molecule has 3 aromatic heterocycles. The molecule has 0 N–H and O–H groups in total. The Morgan fingerprint density at radius 1 is 1.05 bits per heavy atom. The van der Waals surface area contributed by atoms with Crippen molar-refractivity contribution in [2.45, 2.75) is 13.5 Å². The summed E-state index contributed by atoms with van der Waals surface area (Å²) < 4.78 is 7.44. The van der Waals surface area contributed by atoms with Gasteiger partial charge in [0.15, 0.2) is 11.5 Å². The van der Waals surface area contributed by atoms with Gasteiger partial charge in [-0.05, 0) is 0 Å². The van der Waals surface area contributed by atoms with Crippen molar-refractivity contribution < 1.29 is 4.42 Å². The lowest BCUT2D eigenvalue weighted by Gasteiger charge is -2.34. The summed E-state index contributed by atoms with van der Waals surface area (Å²) in [4.78, 5) is 13.5. The third-order valence-corrected chi connectivity index (χ3v) is 3.89. The zero-order valence-electron chi connectivity index (χ0n) is 12.4. The second-order valence-electron chi connectivity index (χ2n) is 5.39. The first-order valence-corrected chi connectivity index (χ1v) is 7.33. The molecule has 114 valence electrons. The Labute approximate surface area is 127 Å². The molecule has 1 aliphatic rings. The molecule has 0 saturated carbocycles. The van der Waals surface area contributed by atoms with Crippen LogP contribution < -0.4 is 4.90 Å². The van der Waals surface area contributed by atoms with Crippen LogP contribution in [-0.4, -0.2) is 55.6 Å². The van der Waals surface area contributed by atoms with Crippen LogP contribution in [0.15, 0.2) is 29.2 Å². The summed E-state index contributed by atoms with van der Waals surface area (Å²) in [5, 5.41) is 7.92. The molecule has 1 fully saturated rings. The summed E-state index contributed by atoms with van der Waals surface area (Å²) in [6.45, 7) is 6.20. The van der Waals surface area contributed by atoms with Gasteiger partial charge in [0.1, 0.15) is 0 Å². The van der Waals surface area contributed by atoms with Crippen molar-refractivity contribution in [3.8, 4) is 0 Å². The Morgan fingerprint density at radius 2 is 1.82 bits per heavy atom. The van der Waals surface area contributed by atoms with Crippen molar-refractivity contribution >= 4 is 11.5 Å². The maximum Gasteiger partial charge on any atom is 0.230 e. The maximum atomic E-state index is 5.44. The first kappa shape index (κ1) is 13.2. The Kier molecular flexibility index (Phi) is 3.23. The molecule has 4 heterocycles. The molecule has 8 nitrogen and oxygen atoms in total. The van der Waals surface area contributed by atoms with Gasteiger partial charge in [0.25, 0.3) is 0 Å². The standard InChI is InChI=1S/C14H17N7O/c1-11-17-18-12(22-11)10-19-6-8-21(9-7-19)14-13-15-2-4-20(13)5-3-16-14/h2-5H,6-10H2,1H3. The molecule has 8 heteroatoms. The van der Waals surface area contributed by atoms with Crippen molar-refractivity contribution in [2.24, 2.45) is 0 Å². The van der Waals surface area contributed by atoms with Crippen LogP contribution in [0.4, 0.5) is 5.82 Å². The lowest BCUT2D eigenvalue weighted by Crippen LogP contribution is -2.46. The number of piperazine rings is 1. The summed E-state index contributed by atoms with van der Waals surface area (Å²) in [7, 11) is 0. The van der Waals surface area contributed by atoms with Gasteiger partial charge >= 0.3 is 0 Å². The predicted molar refractivity (Wildman–Crippen MR) is 79.5 cm³/mol. The summed E-state index contributed by atoms with van der Waals surface area (Å²) in [6.07, 6.45) is 7.47. The van der Waals surface area contributed by atoms with Crippen molar-refractivity contribution in [3.63, 3.8) is 0 Å². The molecule has 22 heavy (non-hydrogen) atoms. The molecule has 0 atom stereocenters. The molecule has 0 amide bonds. The van der Waals surface area contributed by atoms with Crippen molar-refractivity contribution in [1.29, 1.82) is 0 Å². The molecule has 0 radical (unpaired) electrons. The van der Waals surface area contributed by atoms with E-state index in [4.69, 9.17) is 4.42 Å². The van der Waals surface area contributed by atoms with Gasteiger partial charge in [-0.1, -0.05) is 0 Å². The summed E-state index contributed by atoms with van der Waals surface area (Å²) in [5.74, 6) is 2.24. The van der Waals surface area contributed by atoms with E-state index in [-0.39, 0.29) is 0 Å². The molecule has 4 rings (SSSR count). The van der Waals surface area contributed by atoms with Crippen LogP contribution in [0.1, 0.15) is 11.8 Å². The van der Waals surface area contributed by atoms with Crippen LogP contribution in [0.2, 0.25) is 0 Å². The minimum absolute atomic E-state index is 0.615. The molecular formula is C14H17N7O. The van der Waals surface area contributed by atoms with Crippen LogP contribution >= 0.6 is 0 Å². The van der Waals surface area contributed by atoms with Gasteiger partial charge < -0.3 is 13.7 Å². The summed E-state index contributed by atoms with van der Waals surface area (Å²) in [6, 6.07) is 0. The number of hydrogen-bond acceptors (Lipinski definition) is 7. The molecule has 0 aliphatic carbocycles. The Morgan fingerprint density at radius 3 is 2.55 bits per heavy atom. The number of anilines is 1. The van der Waals surface area contributed by atoms with Gasteiger partial charge in [-0.3, -0.25) is 4.90 Å². The van der Waals surface area contributed by atoms with Gasteiger partial charge in [0.05, 0.1) is 6.54 Å². The van der Waals surface area contributed by atoms with Gasteiger partial charge in [-0.15, -0.1) is 10.2 Å². The molecule has 1 saturated heterocycles. The lowest BCUT2D eigenvalue weighted by molar-refractivity contribution is 0.224. The number of aromatic nitrogens is 5. The van der Waals surface area contributed by atoms with Crippen LogP contribution in [-0.2, 0) is 6.54 Å². The smallest absolute Gasteiger partial charge is 0.230 e. The maximum absolute atomic E-state index is 5.44. The molecule has 1 aliphatic heterocycles. The first-order chi connectivity index (χ1) is 10.8. The Bertz CT molecular complexity index is 772. The number of fused-ring (bicyclic) bond motifs is 1. The Hall–Kier alpha value is -2.48. The zero-order valence-corrected chi connectivity index (χ0v) is 12.4. The number of nitrogens with zero attached hydrogens (tertiary/aromatic N) is 7. The topological polar surface area (TPSA) is 75.6 Å². The fraction of sp³-hybridized carbons (Fsp3) is 0.429. The minimum atomic E-state index is 0.615. The first-order valence-electron chi connectivity index (χ1n) is 7.33. The van der Waals surface area contributed by atoms with Crippen molar-refractivity contribution in [3.05, 3.63) is 36.6 Å². The number of hydrogen-bond donors (Lipinski definition) is 0. The van der Waals surface area contributed by atoms with Crippen molar-refractivity contribution in [2.75, 3.05) is 31.1 Å². The van der Waals surface area contributed by atoms with Crippen LogP contribution in [0.5, 0.6) is 0 Å². The van der Waals surface area contributed by atoms with E-state index in [9.17, 15) is 0 Å². The predicted octanol–water partition coefficient (Wildman–Crippen LogP) is 0.743. The number of rotatable bonds is 3. The van der Waals surface area contributed by atoms with Crippen LogP contribution in [0.25, 0.3) is 5.65 Å². The highest BCUT2D eigenvalue weighted by molar-refractivity contribution is 5.64. The third kappa shape index (κ3) is 2.41. The van der Waals surface area contributed by atoms with Crippen LogP contribution in [0, 0.1) is 6.92 Å². The molecular weight excluding hydrogens is 282 g/mol. The number of imidazole rings is 1.